The molecule has 1 aromatic rings. The first-order valence-corrected chi connectivity index (χ1v) is 7.57. The Morgan fingerprint density at radius 1 is 1.38 bits per heavy atom. The number of carboxylic acids is 1. The zero-order chi connectivity index (χ0) is 17.7. The number of ketones is 1. The van der Waals surface area contributed by atoms with Gasteiger partial charge in [-0.3, -0.25) is 14.4 Å². The summed E-state index contributed by atoms with van der Waals surface area (Å²) in [6.45, 7) is 0.320. The van der Waals surface area contributed by atoms with Crippen molar-refractivity contribution >= 4 is 29.8 Å². The van der Waals surface area contributed by atoms with Crippen molar-refractivity contribution in [2.24, 2.45) is 5.73 Å². The molecule has 0 bridgehead atoms. The van der Waals surface area contributed by atoms with Gasteiger partial charge < -0.3 is 21.1 Å². The van der Waals surface area contributed by atoms with E-state index < -0.39 is 29.7 Å². The minimum Gasteiger partial charge on any atom is -0.480 e. The third kappa shape index (κ3) is 3.77. The largest absolute Gasteiger partial charge is 0.480 e. The molecule has 2 rings (SSSR count). The Morgan fingerprint density at radius 3 is 2.75 bits per heavy atom. The van der Waals surface area contributed by atoms with E-state index in [2.05, 4.69) is 5.32 Å². The molecule has 1 saturated heterocycles. The highest BCUT2D eigenvalue weighted by Gasteiger charge is 2.36. The lowest BCUT2D eigenvalue weighted by molar-refractivity contribution is -0.148. The van der Waals surface area contributed by atoms with Crippen molar-refractivity contribution in [3.63, 3.8) is 0 Å². The van der Waals surface area contributed by atoms with Gasteiger partial charge in [0.25, 0.3) is 0 Å². The second kappa shape index (κ2) is 7.69. The summed E-state index contributed by atoms with van der Waals surface area (Å²) < 4.78 is 0. The molecule has 128 valence electrons. The van der Waals surface area contributed by atoms with Gasteiger partial charge in [-0.05, 0) is 25.0 Å². The predicted octanol–water partition coefficient (Wildman–Crippen LogP) is 0.231. The van der Waals surface area contributed by atoms with Crippen molar-refractivity contribution in [2.75, 3.05) is 11.9 Å². The summed E-state index contributed by atoms with van der Waals surface area (Å²) in [7, 11) is 0. The number of rotatable bonds is 7. The van der Waals surface area contributed by atoms with E-state index in [1.54, 1.807) is 18.2 Å². The Morgan fingerprint density at radius 2 is 2.08 bits per heavy atom. The summed E-state index contributed by atoms with van der Waals surface area (Å²) in [6, 6.07) is 4.38. The van der Waals surface area contributed by atoms with Gasteiger partial charge in [0.15, 0.2) is 5.78 Å². The van der Waals surface area contributed by atoms with E-state index in [0.717, 1.165) is 0 Å². The van der Waals surface area contributed by atoms with E-state index in [-0.39, 0.29) is 12.0 Å². The quantitative estimate of drug-likeness (QED) is 0.484. The minimum atomic E-state index is -1.12. The number of Topliss-reactive ketones (excluding diaryl/α,β-unsaturated/α-hetero) is 1. The van der Waals surface area contributed by atoms with Gasteiger partial charge in [-0.1, -0.05) is 12.1 Å². The maximum atomic E-state index is 12.4. The summed E-state index contributed by atoms with van der Waals surface area (Å²) in [5, 5.41) is 11.5. The minimum absolute atomic E-state index is 0.254. The molecule has 1 heterocycles. The molecular formula is C16H19N3O5. The average molecular weight is 333 g/mol. The first-order valence-electron chi connectivity index (χ1n) is 7.57. The Hall–Kier alpha value is -2.74. The maximum absolute atomic E-state index is 12.4. The van der Waals surface area contributed by atoms with Crippen LogP contribution in [0.1, 0.15) is 29.6 Å². The van der Waals surface area contributed by atoms with E-state index in [0.29, 0.717) is 31.5 Å². The summed E-state index contributed by atoms with van der Waals surface area (Å²) >= 11 is 0. The summed E-state index contributed by atoms with van der Waals surface area (Å²) in [5.41, 5.74) is 6.42. The highest BCUT2D eigenvalue weighted by atomic mass is 16.4. The summed E-state index contributed by atoms with van der Waals surface area (Å²) in [4.78, 5) is 47.7. The molecule has 24 heavy (non-hydrogen) atoms. The lowest BCUT2D eigenvalue weighted by Gasteiger charge is -2.24. The van der Waals surface area contributed by atoms with Gasteiger partial charge in [0.05, 0.1) is 11.7 Å². The van der Waals surface area contributed by atoms with Crippen LogP contribution in [0.15, 0.2) is 24.3 Å². The average Bonchev–Trinajstić information content (AvgIpc) is 3.04. The predicted molar refractivity (Wildman–Crippen MR) is 85.4 cm³/mol. The Kier molecular flexibility index (Phi) is 5.64. The van der Waals surface area contributed by atoms with Crippen LogP contribution >= 0.6 is 0 Å². The van der Waals surface area contributed by atoms with Crippen molar-refractivity contribution in [1.29, 1.82) is 0 Å². The molecule has 8 heteroatoms. The van der Waals surface area contributed by atoms with Crippen molar-refractivity contribution < 1.29 is 24.3 Å². The fourth-order valence-electron chi connectivity index (χ4n) is 2.81. The summed E-state index contributed by atoms with van der Waals surface area (Å²) in [5.74, 6) is -2.01. The van der Waals surface area contributed by atoms with Gasteiger partial charge in [-0.25, -0.2) is 4.79 Å². The number of aliphatic carboxylic acids is 1. The topological polar surface area (TPSA) is 130 Å². The van der Waals surface area contributed by atoms with Crippen LogP contribution in [0.25, 0.3) is 0 Å². The molecule has 1 aromatic carbocycles. The van der Waals surface area contributed by atoms with Gasteiger partial charge in [-0.15, -0.1) is 0 Å². The number of amides is 2. The van der Waals surface area contributed by atoms with E-state index in [4.69, 9.17) is 10.8 Å². The number of hydrogen-bond acceptors (Lipinski definition) is 5. The molecule has 2 atom stereocenters. The van der Waals surface area contributed by atoms with Crippen LogP contribution in [0.2, 0.25) is 0 Å². The highest BCUT2D eigenvalue weighted by molar-refractivity contribution is 6.05. The Bertz CT molecular complexity index is 661. The first kappa shape index (κ1) is 17.6. The Balaban J connectivity index is 2.07. The number of nitrogens with one attached hydrogen (secondary N) is 1. The zero-order valence-electron chi connectivity index (χ0n) is 13.0. The second-order valence-corrected chi connectivity index (χ2v) is 5.57. The number of anilines is 1. The van der Waals surface area contributed by atoms with Crippen LogP contribution in [-0.2, 0) is 14.4 Å². The number of carbonyl (C=O) groups excluding carboxylic acids is 3. The lowest BCUT2D eigenvalue weighted by Crippen LogP contribution is -2.49. The van der Waals surface area contributed by atoms with Crippen LogP contribution < -0.4 is 11.1 Å². The number of nitrogens with two attached hydrogens (primary N) is 1. The van der Waals surface area contributed by atoms with Gasteiger partial charge in [-0.2, -0.15) is 0 Å². The van der Waals surface area contributed by atoms with Crippen molar-refractivity contribution in [3.8, 4) is 0 Å². The number of hydrogen-bond donors (Lipinski definition) is 3. The monoisotopic (exact) mass is 333 g/mol. The molecular weight excluding hydrogens is 314 g/mol. The molecule has 0 aromatic heterocycles. The molecule has 0 aliphatic carbocycles. The number of carboxylic acid groups (broad SMARTS) is 1. The molecule has 1 aliphatic rings. The van der Waals surface area contributed by atoms with Crippen LogP contribution in [0.5, 0.6) is 0 Å². The first-order chi connectivity index (χ1) is 11.5. The molecule has 4 N–H and O–H groups in total. The fourth-order valence-corrected chi connectivity index (χ4v) is 2.81. The molecule has 1 aliphatic heterocycles. The van der Waals surface area contributed by atoms with Crippen LogP contribution in [0.3, 0.4) is 0 Å². The molecule has 0 saturated carbocycles. The number of likely N-dealkylation sites (tertiary alicyclic amines) is 1. The third-order valence-corrected chi connectivity index (χ3v) is 3.99. The van der Waals surface area contributed by atoms with E-state index in [9.17, 15) is 19.2 Å². The molecule has 2 amide bonds. The van der Waals surface area contributed by atoms with Crippen molar-refractivity contribution in [2.45, 2.75) is 31.3 Å². The van der Waals surface area contributed by atoms with E-state index in [1.165, 1.54) is 11.0 Å². The van der Waals surface area contributed by atoms with Gasteiger partial charge in [0.1, 0.15) is 6.04 Å². The van der Waals surface area contributed by atoms with Gasteiger partial charge in [0, 0.05) is 18.5 Å². The van der Waals surface area contributed by atoms with Crippen molar-refractivity contribution in [3.05, 3.63) is 29.8 Å². The third-order valence-electron chi connectivity index (χ3n) is 3.99. The van der Waals surface area contributed by atoms with E-state index in [1.807, 2.05) is 0 Å². The second-order valence-electron chi connectivity index (χ2n) is 5.57. The number of carbonyl (C=O) groups is 4. The van der Waals surface area contributed by atoms with Crippen LogP contribution in [0, 0.1) is 0 Å². The van der Waals surface area contributed by atoms with Crippen LogP contribution in [-0.4, -0.2) is 52.7 Å². The zero-order valence-corrected chi connectivity index (χ0v) is 13.0. The number of nitrogens with zero attached hydrogens (tertiary/aromatic N) is 1. The molecule has 0 radical (unpaired) electrons. The summed E-state index contributed by atoms with van der Waals surface area (Å²) in [6.07, 6.45) is 1.17. The maximum Gasteiger partial charge on any atom is 0.326 e. The molecule has 2 unspecified atom stereocenters. The molecule has 8 nitrogen and oxygen atoms in total. The molecule has 1 fully saturated rings. The SMILES string of the molecule is NC(CC(=O)c1ccccc1NC=O)C(=O)N1CCCC1C(=O)O. The lowest BCUT2D eigenvalue weighted by atomic mass is 10.0. The van der Waals surface area contributed by atoms with Crippen LogP contribution in [0.4, 0.5) is 5.69 Å². The number of benzene rings is 1. The molecule has 0 spiro atoms. The smallest absolute Gasteiger partial charge is 0.326 e. The van der Waals surface area contributed by atoms with E-state index >= 15 is 0 Å². The fraction of sp³-hybridized carbons (Fsp3) is 0.375. The van der Waals surface area contributed by atoms with Crippen molar-refractivity contribution in [1.82, 2.24) is 4.90 Å². The van der Waals surface area contributed by atoms with Gasteiger partial charge >= 0.3 is 5.97 Å². The number of para-hydroxylation sites is 1. The Labute approximate surface area is 138 Å². The van der Waals surface area contributed by atoms with Gasteiger partial charge in [0.2, 0.25) is 12.3 Å². The highest BCUT2D eigenvalue weighted by Crippen LogP contribution is 2.21. The normalized spacial score (nSPS) is 18.0. The standard InChI is InChI=1S/C16H19N3O5/c17-11(15(22)19-7-3-6-13(19)16(23)24)8-14(21)10-4-1-2-5-12(10)18-9-20/h1-2,4-5,9,11,13H,3,6-8,17H2,(H,18,20)(H,23,24).